The van der Waals surface area contributed by atoms with Crippen LogP contribution in [-0.2, 0) is 0 Å². The summed E-state index contributed by atoms with van der Waals surface area (Å²) in [7, 11) is 0. The molecule has 144 valence electrons. The third-order valence-electron chi connectivity index (χ3n) is 4.58. The summed E-state index contributed by atoms with van der Waals surface area (Å²) in [6.07, 6.45) is 1.70. The number of fused-ring (bicyclic) bond motifs is 1. The monoisotopic (exact) mass is 369 g/mol. The molecule has 0 unspecified atom stereocenters. The standard InChI is InChI=1S/C20H27N5O2/c1-11(2)25-18-16(9-22-25)15(19(26)24-20(5,6)10-21)8-17(23-18)14-7-12(3)27-13(14)4/h7-9,11H,10,21H2,1-6H3,(H,24,26). The third-order valence-corrected chi connectivity index (χ3v) is 4.58. The first-order chi connectivity index (χ1) is 12.6. The Hall–Kier alpha value is -2.67. The van der Waals surface area contributed by atoms with Gasteiger partial charge in [-0.2, -0.15) is 5.10 Å². The molecule has 0 fully saturated rings. The zero-order valence-corrected chi connectivity index (χ0v) is 16.8. The Morgan fingerprint density at radius 3 is 2.59 bits per heavy atom. The largest absolute Gasteiger partial charge is 0.466 e. The van der Waals surface area contributed by atoms with E-state index in [4.69, 9.17) is 15.1 Å². The number of aromatic nitrogens is 3. The number of nitrogens with two attached hydrogens (primary N) is 1. The van der Waals surface area contributed by atoms with Gasteiger partial charge in [0, 0.05) is 23.7 Å². The summed E-state index contributed by atoms with van der Waals surface area (Å²) < 4.78 is 7.48. The zero-order valence-electron chi connectivity index (χ0n) is 16.8. The second-order valence-corrected chi connectivity index (χ2v) is 7.84. The van der Waals surface area contributed by atoms with E-state index in [1.165, 1.54) is 0 Å². The first kappa shape index (κ1) is 19.1. The van der Waals surface area contributed by atoms with Gasteiger partial charge >= 0.3 is 0 Å². The van der Waals surface area contributed by atoms with Crippen LogP contribution >= 0.6 is 0 Å². The van der Waals surface area contributed by atoms with Crippen molar-refractivity contribution < 1.29 is 9.21 Å². The predicted molar refractivity (Wildman–Crippen MR) is 106 cm³/mol. The number of hydrogen-bond donors (Lipinski definition) is 2. The van der Waals surface area contributed by atoms with E-state index in [2.05, 4.69) is 10.4 Å². The summed E-state index contributed by atoms with van der Waals surface area (Å²) in [5.41, 5.74) is 8.04. The van der Waals surface area contributed by atoms with Crippen LogP contribution in [0.25, 0.3) is 22.3 Å². The Labute approximate surface area is 158 Å². The van der Waals surface area contributed by atoms with Crippen molar-refractivity contribution in [1.82, 2.24) is 20.1 Å². The van der Waals surface area contributed by atoms with Crippen molar-refractivity contribution in [3.63, 3.8) is 0 Å². The van der Waals surface area contributed by atoms with Crippen LogP contribution in [0.4, 0.5) is 0 Å². The molecule has 0 aliphatic rings. The maximum atomic E-state index is 13.0. The summed E-state index contributed by atoms with van der Waals surface area (Å²) in [4.78, 5) is 17.8. The number of amides is 1. The number of carbonyl (C=O) groups is 1. The highest BCUT2D eigenvalue weighted by Gasteiger charge is 2.24. The van der Waals surface area contributed by atoms with Crippen LogP contribution in [0.2, 0.25) is 0 Å². The summed E-state index contributed by atoms with van der Waals surface area (Å²) >= 11 is 0. The summed E-state index contributed by atoms with van der Waals surface area (Å²) in [6.45, 7) is 12.0. The number of nitrogens with one attached hydrogen (secondary N) is 1. The van der Waals surface area contributed by atoms with E-state index in [9.17, 15) is 4.79 Å². The van der Waals surface area contributed by atoms with Crippen LogP contribution in [0.5, 0.6) is 0 Å². The number of hydrogen-bond acceptors (Lipinski definition) is 5. The molecule has 3 rings (SSSR count). The maximum Gasteiger partial charge on any atom is 0.252 e. The molecule has 1 amide bonds. The van der Waals surface area contributed by atoms with Gasteiger partial charge in [0.1, 0.15) is 11.5 Å². The molecule has 27 heavy (non-hydrogen) atoms. The van der Waals surface area contributed by atoms with Gasteiger partial charge in [-0.3, -0.25) is 4.79 Å². The third kappa shape index (κ3) is 3.60. The van der Waals surface area contributed by atoms with Gasteiger partial charge in [0.05, 0.1) is 22.8 Å². The zero-order chi connectivity index (χ0) is 19.9. The normalized spacial score (nSPS) is 12.1. The lowest BCUT2D eigenvalue weighted by atomic mass is 10.0. The SMILES string of the molecule is Cc1cc(-c2cc(C(=O)NC(C)(C)CN)c3cnn(C(C)C)c3n2)c(C)o1. The number of aryl methyl sites for hydroxylation is 2. The Bertz CT molecular complexity index is 997. The van der Waals surface area contributed by atoms with Crippen molar-refractivity contribution in [2.75, 3.05) is 6.54 Å². The van der Waals surface area contributed by atoms with Gasteiger partial charge in [-0.1, -0.05) is 0 Å². The Morgan fingerprint density at radius 2 is 2.04 bits per heavy atom. The Morgan fingerprint density at radius 1 is 1.33 bits per heavy atom. The molecule has 3 heterocycles. The average Bonchev–Trinajstić information content (AvgIpc) is 3.16. The molecule has 0 radical (unpaired) electrons. The lowest BCUT2D eigenvalue weighted by Crippen LogP contribution is -2.48. The number of pyridine rings is 1. The molecule has 7 heteroatoms. The number of nitrogens with zero attached hydrogens (tertiary/aromatic N) is 3. The minimum atomic E-state index is -0.511. The highest BCUT2D eigenvalue weighted by atomic mass is 16.3. The molecule has 0 aromatic carbocycles. The van der Waals surface area contributed by atoms with Crippen LogP contribution in [0, 0.1) is 13.8 Å². The fourth-order valence-corrected chi connectivity index (χ4v) is 3.03. The van der Waals surface area contributed by atoms with E-state index in [1.807, 2.05) is 52.3 Å². The van der Waals surface area contributed by atoms with E-state index in [-0.39, 0.29) is 11.9 Å². The number of rotatable bonds is 5. The molecule has 0 spiro atoms. The quantitative estimate of drug-likeness (QED) is 0.718. The van der Waals surface area contributed by atoms with E-state index >= 15 is 0 Å². The average molecular weight is 369 g/mol. The van der Waals surface area contributed by atoms with Crippen molar-refractivity contribution in [3.8, 4) is 11.3 Å². The lowest BCUT2D eigenvalue weighted by molar-refractivity contribution is 0.0917. The number of carbonyl (C=O) groups excluding carboxylic acids is 1. The van der Waals surface area contributed by atoms with E-state index < -0.39 is 5.54 Å². The van der Waals surface area contributed by atoms with E-state index in [0.29, 0.717) is 23.4 Å². The van der Waals surface area contributed by atoms with E-state index in [1.54, 1.807) is 12.3 Å². The first-order valence-electron chi connectivity index (χ1n) is 9.11. The van der Waals surface area contributed by atoms with Gasteiger partial charge in [-0.25, -0.2) is 9.67 Å². The smallest absolute Gasteiger partial charge is 0.252 e. The fourth-order valence-electron chi connectivity index (χ4n) is 3.03. The van der Waals surface area contributed by atoms with E-state index in [0.717, 1.165) is 22.5 Å². The Kier molecular flexibility index (Phi) is 4.82. The van der Waals surface area contributed by atoms with Crippen LogP contribution in [0.1, 0.15) is 55.6 Å². The van der Waals surface area contributed by atoms with Gasteiger partial charge in [-0.15, -0.1) is 0 Å². The molecule has 3 N–H and O–H groups in total. The predicted octanol–water partition coefficient (Wildman–Crippen LogP) is 3.36. The van der Waals surface area contributed by atoms with Crippen LogP contribution < -0.4 is 11.1 Å². The summed E-state index contributed by atoms with van der Waals surface area (Å²) in [5.74, 6) is 1.38. The molecule has 0 bridgehead atoms. The lowest BCUT2D eigenvalue weighted by Gasteiger charge is -2.24. The van der Waals surface area contributed by atoms with Crippen molar-refractivity contribution >= 4 is 16.9 Å². The second kappa shape index (κ2) is 6.81. The van der Waals surface area contributed by atoms with Crippen molar-refractivity contribution in [2.45, 2.75) is 53.1 Å². The molecule has 7 nitrogen and oxygen atoms in total. The Balaban J connectivity index is 2.22. The molecule has 0 aliphatic carbocycles. The molecule has 0 atom stereocenters. The minimum Gasteiger partial charge on any atom is -0.466 e. The van der Waals surface area contributed by atoms with Crippen LogP contribution in [0.15, 0.2) is 22.7 Å². The topological polar surface area (TPSA) is 99.0 Å². The molecular formula is C20H27N5O2. The van der Waals surface area contributed by atoms with Crippen LogP contribution in [-0.4, -0.2) is 32.8 Å². The molecule has 3 aromatic heterocycles. The molecule has 0 saturated carbocycles. The van der Waals surface area contributed by atoms with Gasteiger partial charge < -0.3 is 15.5 Å². The van der Waals surface area contributed by atoms with Gasteiger partial charge in [0.2, 0.25) is 0 Å². The molecule has 0 saturated heterocycles. The van der Waals surface area contributed by atoms with Gasteiger partial charge in [0.25, 0.3) is 5.91 Å². The molecular weight excluding hydrogens is 342 g/mol. The van der Waals surface area contributed by atoms with Crippen LogP contribution in [0.3, 0.4) is 0 Å². The second-order valence-electron chi connectivity index (χ2n) is 7.84. The van der Waals surface area contributed by atoms with Crippen molar-refractivity contribution in [1.29, 1.82) is 0 Å². The highest BCUT2D eigenvalue weighted by molar-refractivity contribution is 6.06. The molecule has 3 aromatic rings. The summed E-state index contributed by atoms with van der Waals surface area (Å²) in [6, 6.07) is 3.85. The minimum absolute atomic E-state index is 0.119. The first-order valence-corrected chi connectivity index (χ1v) is 9.11. The fraction of sp³-hybridized carbons (Fsp3) is 0.450. The van der Waals surface area contributed by atoms with Gasteiger partial charge in [0.15, 0.2) is 5.65 Å². The van der Waals surface area contributed by atoms with Crippen molar-refractivity contribution in [3.05, 3.63) is 35.4 Å². The number of furan rings is 1. The molecule has 0 aliphatic heterocycles. The van der Waals surface area contributed by atoms with Gasteiger partial charge in [-0.05, 0) is 53.7 Å². The van der Waals surface area contributed by atoms with Crippen molar-refractivity contribution in [2.24, 2.45) is 5.73 Å². The maximum absolute atomic E-state index is 13.0. The highest BCUT2D eigenvalue weighted by Crippen LogP contribution is 2.30. The summed E-state index contributed by atoms with van der Waals surface area (Å²) in [5, 5.41) is 8.16.